The summed E-state index contributed by atoms with van der Waals surface area (Å²) in [5.41, 5.74) is 10.00. The molecule has 0 spiro atoms. The normalized spacial score (nSPS) is 12.2. The van der Waals surface area contributed by atoms with E-state index >= 15 is 0 Å². The minimum absolute atomic E-state index is 0.0564. The molecular weight excluding hydrogens is 430 g/mol. The number of hydrazine groups is 1. The van der Waals surface area contributed by atoms with Gasteiger partial charge in [0.2, 0.25) is 11.8 Å². The van der Waals surface area contributed by atoms with Gasteiger partial charge >= 0.3 is 0 Å². The number of nitrogens with zero attached hydrogens (tertiary/aromatic N) is 1. The van der Waals surface area contributed by atoms with E-state index in [-0.39, 0.29) is 18.9 Å². The number of fused-ring (bicyclic) bond motifs is 1. The molecule has 2 amide bonds. The molecule has 7 N–H and O–H groups in total. The van der Waals surface area contributed by atoms with Gasteiger partial charge in [0.05, 0.1) is 24.7 Å². The highest BCUT2D eigenvalue weighted by atomic mass is 16.5. The molecule has 3 rings (SSSR count). The molecule has 3 aromatic carbocycles. The van der Waals surface area contributed by atoms with Crippen molar-refractivity contribution in [3.8, 4) is 0 Å². The molecular formula is C26H31N5O3. The topological polar surface area (TPSA) is 134 Å². The van der Waals surface area contributed by atoms with Crippen LogP contribution in [0.2, 0.25) is 0 Å². The van der Waals surface area contributed by atoms with Crippen molar-refractivity contribution in [2.45, 2.75) is 31.7 Å². The summed E-state index contributed by atoms with van der Waals surface area (Å²) >= 11 is 0. The van der Waals surface area contributed by atoms with Crippen LogP contribution >= 0.6 is 0 Å². The predicted octanol–water partition coefficient (Wildman–Crippen LogP) is 2.37. The van der Waals surface area contributed by atoms with Gasteiger partial charge in [-0.2, -0.15) is 0 Å². The van der Waals surface area contributed by atoms with Gasteiger partial charge in [-0.05, 0) is 34.7 Å². The molecule has 1 atom stereocenters. The lowest BCUT2D eigenvalue weighted by atomic mass is 9.99. The third kappa shape index (κ3) is 7.06. The van der Waals surface area contributed by atoms with Gasteiger partial charge in [0.1, 0.15) is 0 Å². The lowest BCUT2D eigenvalue weighted by molar-refractivity contribution is -0.130. The zero-order valence-electron chi connectivity index (χ0n) is 19.0. The van der Waals surface area contributed by atoms with Crippen molar-refractivity contribution in [1.29, 1.82) is 0 Å². The maximum Gasteiger partial charge on any atom is 0.245 e. The largest absolute Gasteiger partial charge is 0.403 e. The quantitative estimate of drug-likeness (QED) is 0.169. The average molecular weight is 462 g/mol. The number of hydrogen-bond donors (Lipinski definition) is 5. The highest BCUT2D eigenvalue weighted by Gasteiger charge is 2.22. The molecule has 8 nitrogen and oxygen atoms in total. The van der Waals surface area contributed by atoms with Crippen molar-refractivity contribution in [3.05, 3.63) is 95.8 Å². The van der Waals surface area contributed by atoms with E-state index in [9.17, 15) is 9.59 Å². The maximum absolute atomic E-state index is 12.3. The molecule has 3 aromatic rings. The Morgan fingerprint density at radius 2 is 1.65 bits per heavy atom. The minimum Gasteiger partial charge on any atom is -0.403 e. The van der Waals surface area contributed by atoms with Crippen LogP contribution in [0.3, 0.4) is 0 Å². The fourth-order valence-corrected chi connectivity index (χ4v) is 3.82. The number of nitrogens with one attached hydrogen (secondary N) is 2. The summed E-state index contributed by atoms with van der Waals surface area (Å²) in [6.07, 6.45) is 2.66. The van der Waals surface area contributed by atoms with Crippen LogP contribution in [0.1, 0.15) is 24.0 Å². The zero-order valence-corrected chi connectivity index (χ0v) is 19.0. The van der Waals surface area contributed by atoms with Gasteiger partial charge in [-0.15, -0.1) is 0 Å². The van der Waals surface area contributed by atoms with E-state index in [1.165, 1.54) is 11.2 Å². The molecule has 0 aliphatic heterocycles. The van der Waals surface area contributed by atoms with E-state index < -0.39 is 11.9 Å². The monoisotopic (exact) mass is 461 g/mol. The Kier molecular flexibility index (Phi) is 9.02. The smallest absolute Gasteiger partial charge is 0.245 e. The molecule has 0 saturated heterocycles. The highest BCUT2D eigenvalue weighted by molar-refractivity contribution is 5.83. The maximum atomic E-state index is 12.3. The SMILES string of the molecule is N/C=C(/CNC(=O)CCc1ccccc1)N(N)C(CC(=O)NO)Cc1ccc2ccccc2c1. The van der Waals surface area contributed by atoms with E-state index in [0.717, 1.165) is 21.9 Å². The molecule has 0 saturated carbocycles. The summed E-state index contributed by atoms with van der Waals surface area (Å²) in [6, 6.07) is 23.3. The van der Waals surface area contributed by atoms with Gasteiger partial charge in [0.25, 0.3) is 0 Å². The van der Waals surface area contributed by atoms with Crippen molar-refractivity contribution in [2.24, 2.45) is 11.6 Å². The van der Waals surface area contributed by atoms with Crippen molar-refractivity contribution in [2.75, 3.05) is 6.54 Å². The molecule has 34 heavy (non-hydrogen) atoms. The van der Waals surface area contributed by atoms with Crippen LogP contribution in [-0.4, -0.2) is 34.6 Å². The second-order valence-corrected chi connectivity index (χ2v) is 8.11. The number of hydroxylamine groups is 1. The number of carbonyl (C=O) groups is 2. The van der Waals surface area contributed by atoms with Crippen molar-refractivity contribution in [3.63, 3.8) is 0 Å². The Morgan fingerprint density at radius 3 is 2.35 bits per heavy atom. The van der Waals surface area contributed by atoms with E-state index in [0.29, 0.717) is 25.0 Å². The molecule has 0 fully saturated rings. The van der Waals surface area contributed by atoms with Crippen molar-refractivity contribution >= 4 is 22.6 Å². The van der Waals surface area contributed by atoms with Crippen LogP contribution in [0, 0.1) is 0 Å². The molecule has 8 heteroatoms. The fraction of sp³-hybridized carbons (Fsp3) is 0.231. The molecule has 0 bridgehead atoms. The average Bonchev–Trinajstić information content (AvgIpc) is 2.87. The molecule has 178 valence electrons. The second-order valence-electron chi connectivity index (χ2n) is 8.11. The summed E-state index contributed by atoms with van der Waals surface area (Å²) in [5.74, 6) is 5.67. The van der Waals surface area contributed by atoms with E-state index in [4.69, 9.17) is 16.8 Å². The second kappa shape index (κ2) is 12.4. The van der Waals surface area contributed by atoms with E-state index in [2.05, 4.69) is 5.32 Å². The fourth-order valence-electron chi connectivity index (χ4n) is 3.82. The number of rotatable bonds is 11. The molecule has 0 aromatic heterocycles. The molecule has 1 unspecified atom stereocenters. The summed E-state index contributed by atoms with van der Waals surface area (Å²) in [5, 5.41) is 15.5. The number of benzene rings is 3. The summed E-state index contributed by atoms with van der Waals surface area (Å²) in [6.45, 7) is 0.121. The molecule has 0 radical (unpaired) electrons. The van der Waals surface area contributed by atoms with Crippen LogP contribution < -0.4 is 22.4 Å². The van der Waals surface area contributed by atoms with Gasteiger partial charge < -0.3 is 16.1 Å². The van der Waals surface area contributed by atoms with E-state index in [1.807, 2.05) is 72.8 Å². The highest BCUT2D eigenvalue weighted by Crippen LogP contribution is 2.19. The Morgan fingerprint density at radius 1 is 0.941 bits per heavy atom. The van der Waals surface area contributed by atoms with Crippen molar-refractivity contribution < 1.29 is 14.8 Å². The molecule has 0 heterocycles. The number of carbonyl (C=O) groups excluding carboxylic acids is 2. The van der Waals surface area contributed by atoms with Crippen molar-refractivity contribution in [1.82, 2.24) is 15.8 Å². The summed E-state index contributed by atoms with van der Waals surface area (Å²) in [4.78, 5) is 24.3. The first-order valence-corrected chi connectivity index (χ1v) is 11.2. The van der Waals surface area contributed by atoms with Gasteiger partial charge in [-0.3, -0.25) is 14.8 Å². The van der Waals surface area contributed by atoms with Crippen LogP contribution in [-0.2, 0) is 22.4 Å². The third-order valence-electron chi connectivity index (χ3n) is 5.70. The lowest BCUT2D eigenvalue weighted by Crippen LogP contribution is -2.47. The first-order valence-electron chi connectivity index (χ1n) is 11.2. The Bertz CT molecular complexity index is 1130. The van der Waals surface area contributed by atoms with E-state index in [1.54, 1.807) is 5.48 Å². The number of hydrogen-bond acceptors (Lipinski definition) is 6. The Labute approximate surface area is 199 Å². The first-order chi connectivity index (χ1) is 16.5. The van der Waals surface area contributed by atoms with Crippen LogP contribution in [0.5, 0.6) is 0 Å². The lowest BCUT2D eigenvalue weighted by Gasteiger charge is -2.31. The Balaban J connectivity index is 1.64. The van der Waals surface area contributed by atoms with Gasteiger partial charge in [0.15, 0.2) is 0 Å². The van der Waals surface area contributed by atoms with Gasteiger partial charge in [-0.25, -0.2) is 11.3 Å². The minimum atomic E-state index is -0.565. The van der Waals surface area contributed by atoms with Crippen LogP contribution in [0.4, 0.5) is 0 Å². The van der Waals surface area contributed by atoms with Gasteiger partial charge in [-0.1, -0.05) is 72.8 Å². The summed E-state index contributed by atoms with van der Waals surface area (Å²) in [7, 11) is 0. The predicted molar refractivity (Wildman–Crippen MR) is 132 cm³/mol. The standard InChI is InChI=1S/C26H31N5O3/c27-17-24(18-29-25(32)13-11-19-6-2-1-3-7-19)31(28)23(16-26(33)30-34)15-20-10-12-21-8-4-5-9-22(21)14-20/h1-10,12,14,17,23,34H,11,13,15-16,18,27-28H2,(H,29,32)(H,30,33)/b24-17-. The third-order valence-corrected chi connectivity index (χ3v) is 5.70. The zero-order chi connectivity index (χ0) is 24.3. The summed E-state index contributed by atoms with van der Waals surface area (Å²) < 4.78 is 0. The van der Waals surface area contributed by atoms with Gasteiger partial charge in [0, 0.05) is 12.6 Å². The Hall–Kier alpha value is -3.88. The number of amides is 2. The molecule has 0 aliphatic carbocycles. The van der Waals surface area contributed by atoms with Crippen LogP contribution in [0.15, 0.2) is 84.7 Å². The molecule has 0 aliphatic rings. The van der Waals surface area contributed by atoms with Crippen LogP contribution in [0.25, 0.3) is 10.8 Å². The number of aryl methyl sites for hydroxylation is 1. The first kappa shape index (κ1) is 24.8. The number of nitrogens with two attached hydrogens (primary N) is 2.